The molecule has 0 spiro atoms. The molecule has 0 aromatic carbocycles. The maximum atomic E-state index is 10.8. The highest BCUT2D eigenvalue weighted by Gasteiger charge is 2.39. The van der Waals surface area contributed by atoms with Crippen LogP contribution in [-0.2, 0) is 20.9 Å². The smallest absolute Gasteiger partial charge is 0.159 e. The number of aliphatic hydroxyl groups excluding tert-OH is 1. The molecule has 1 aliphatic rings. The molecule has 0 radical (unpaired) electrons. The van der Waals surface area contributed by atoms with Crippen molar-refractivity contribution in [1.82, 2.24) is 0 Å². The summed E-state index contributed by atoms with van der Waals surface area (Å²) in [5.74, 6) is -0.790. The van der Waals surface area contributed by atoms with Gasteiger partial charge < -0.3 is 9.66 Å². The third-order valence-corrected chi connectivity index (χ3v) is 4.46. The van der Waals surface area contributed by atoms with E-state index in [9.17, 15) is 12.6 Å². The molecule has 0 bridgehead atoms. The Labute approximate surface area is 66.6 Å². The normalized spacial score (nSPS) is 38.7. The van der Waals surface area contributed by atoms with E-state index in [2.05, 4.69) is 0 Å². The van der Waals surface area contributed by atoms with Crippen molar-refractivity contribution in [2.24, 2.45) is 0 Å². The van der Waals surface area contributed by atoms with Crippen LogP contribution in [-0.4, -0.2) is 45.1 Å². The van der Waals surface area contributed by atoms with Crippen molar-refractivity contribution in [1.29, 1.82) is 0 Å². The zero-order valence-corrected chi connectivity index (χ0v) is 7.14. The molecule has 0 aliphatic carbocycles. The Kier molecular flexibility index (Phi) is 2.33. The Morgan fingerprint density at radius 3 is 2.09 bits per heavy atom. The maximum Gasteiger partial charge on any atom is 0.159 e. The van der Waals surface area contributed by atoms with E-state index in [0.29, 0.717) is 0 Å². The second-order valence-electron chi connectivity index (χ2n) is 2.46. The van der Waals surface area contributed by atoms with Gasteiger partial charge in [-0.1, -0.05) is 0 Å². The predicted octanol–water partition coefficient (Wildman–Crippen LogP) is -1.63. The van der Waals surface area contributed by atoms with Crippen molar-refractivity contribution < 1.29 is 22.3 Å². The van der Waals surface area contributed by atoms with Crippen molar-refractivity contribution in [3.05, 3.63) is 0 Å². The minimum absolute atomic E-state index is 0.392. The lowest BCUT2D eigenvalue weighted by Gasteiger charge is -2.05. The number of hydrogen-bond acceptors (Lipinski definition) is 4. The SMILES string of the molecule is O=S(O)C1CS(=O)(=O)CC1O. The molecule has 2 N–H and O–H groups in total. The van der Waals surface area contributed by atoms with Gasteiger partial charge in [-0.3, -0.25) is 0 Å². The molecule has 3 unspecified atom stereocenters. The van der Waals surface area contributed by atoms with Gasteiger partial charge in [0, 0.05) is 0 Å². The second kappa shape index (κ2) is 2.81. The first-order valence-corrected chi connectivity index (χ1v) is 5.89. The van der Waals surface area contributed by atoms with Gasteiger partial charge in [-0.2, -0.15) is 0 Å². The number of aliphatic hydroxyl groups is 1. The largest absolute Gasteiger partial charge is 0.391 e. The highest BCUT2D eigenvalue weighted by Crippen LogP contribution is 2.16. The van der Waals surface area contributed by atoms with Gasteiger partial charge in [-0.15, -0.1) is 0 Å². The van der Waals surface area contributed by atoms with Crippen molar-refractivity contribution in [2.75, 3.05) is 11.5 Å². The molecule has 0 saturated carbocycles. The number of rotatable bonds is 1. The van der Waals surface area contributed by atoms with E-state index < -0.39 is 43.8 Å². The second-order valence-corrected chi connectivity index (χ2v) is 5.77. The third kappa shape index (κ3) is 1.98. The minimum atomic E-state index is -3.29. The molecular weight excluding hydrogens is 192 g/mol. The van der Waals surface area contributed by atoms with Crippen molar-refractivity contribution in [3.63, 3.8) is 0 Å². The molecule has 3 atom stereocenters. The van der Waals surface area contributed by atoms with Crippen molar-refractivity contribution >= 4 is 20.9 Å². The molecule has 0 aromatic rings. The molecule has 1 saturated heterocycles. The van der Waals surface area contributed by atoms with Crippen LogP contribution >= 0.6 is 0 Å². The quantitative estimate of drug-likeness (QED) is 0.496. The Balaban J connectivity index is 2.83. The Morgan fingerprint density at radius 2 is 1.91 bits per heavy atom. The summed E-state index contributed by atoms with van der Waals surface area (Å²) < 4.78 is 40.4. The zero-order valence-electron chi connectivity index (χ0n) is 5.50. The lowest BCUT2D eigenvalue weighted by atomic mass is 10.3. The molecule has 1 fully saturated rings. The zero-order chi connectivity index (χ0) is 8.65. The lowest BCUT2D eigenvalue weighted by Crippen LogP contribution is -2.27. The lowest BCUT2D eigenvalue weighted by molar-refractivity contribution is 0.203. The number of sulfone groups is 1. The third-order valence-electron chi connectivity index (χ3n) is 1.53. The molecule has 7 heteroatoms. The first kappa shape index (κ1) is 9.11. The molecular formula is C4H8O5S2. The standard InChI is InChI=1S/C4H8O5S2/c5-3-1-11(8,9)2-4(3)10(6)7/h3-5H,1-2H2,(H,6,7). The molecule has 0 aromatic heterocycles. The van der Waals surface area contributed by atoms with E-state index >= 15 is 0 Å². The van der Waals surface area contributed by atoms with Crippen LogP contribution in [0.5, 0.6) is 0 Å². The summed E-state index contributed by atoms with van der Waals surface area (Å²) in [5, 5.41) is 7.93. The van der Waals surface area contributed by atoms with E-state index in [4.69, 9.17) is 9.66 Å². The number of hydrogen-bond donors (Lipinski definition) is 2. The van der Waals surface area contributed by atoms with Gasteiger partial charge in [-0.25, -0.2) is 12.6 Å². The fourth-order valence-electron chi connectivity index (χ4n) is 0.989. The molecule has 5 nitrogen and oxygen atoms in total. The van der Waals surface area contributed by atoms with Crippen molar-refractivity contribution in [3.8, 4) is 0 Å². The van der Waals surface area contributed by atoms with Crippen LogP contribution in [0, 0.1) is 0 Å². The molecule has 1 heterocycles. The fraction of sp³-hybridized carbons (Fsp3) is 1.00. The van der Waals surface area contributed by atoms with Gasteiger partial charge in [0.15, 0.2) is 20.9 Å². The van der Waals surface area contributed by atoms with Crippen LogP contribution < -0.4 is 0 Å². The fourth-order valence-corrected chi connectivity index (χ4v) is 4.18. The molecule has 11 heavy (non-hydrogen) atoms. The van der Waals surface area contributed by atoms with Crippen LogP contribution in [0.3, 0.4) is 0 Å². The first-order chi connectivity index (χ1) is 4.92. The molecule has 0 amide bonds. The van der Waals surface area contributed by atoms with Gasteiger partial charge in [0.05, 0.1) is 17.6 Å². The minimum Gasteiger partial charge on any atom is -0.391 e. The van der Waals surface area contributed by atoms with E-state index in [-0.39, 0.29) is 0 Å². The monoisotopic (exact) mass is 200 g/mol. The molecule has 1 rings (SSSR count). The van der Waals surface area contributed by atoms with Gasteiger partial charge >= 0.3 is 0 Å². The summed E-state index contributed by atoms with van der Waals surface area (Å²) >= 11 is -2.25. The van der Waals surface area contributed by atoms with Crippen LogP contribution in [0.4, 0.5) is 0 Å². The first-order valence-electron chi connectivity index (χ1n) is 2.90. The van der Waals surface area contributed by atoms with E-state index in [1.165, 1.54) is 0 Å². The average molecular weight is 200 g/mol. The predicted molar refractivity (Wildman–Crippen MR) is 39.2 cm³/mol. The highest BCUT2D eigenvalue weighted by atomic mass is 32.2. The van der Waals surface area contributed by atoms with Crippen molar-refractivity contribution in [2.45, 2.75) is 11.4 Å². The van der Waals surface area contributed by atoms with Crippen LogP contribution in [0.1, 0.15) is 0 Å². The van der Waals surface area contributed by atoms with Crippen LogP contribution in [0.25, 0.3) is 0 Å². The van der Waals surface area contributed by atoms with Gasteiger partial charge in [0.1, 0.15) is 5.25 Å². The summed E-state index contributed by atoms with van der Waals surface area (Å²) in [5.41, 5.74) is 0. The summed E-state index contributed by atoms with van der Waals surface area (Å²) in [4.78, 5) is 0. The molecule has 66 valence electrons. The highest BCUT2D eigenvalue weighted by molar-refractivity contribution is 7.93. The Morgan fingerprint density at radius 1 is 1.36 bits per heavy atom. The summed E-state index contributed by atoms with van der Waals surface area (Å²) in [6.07, 6.45) is -1.19. The summed E-state index contributed by atoms with van der Waals surface area (Å²) in [6, 6.07) is 0. The van der Waals surface area contributed by atoms with E-state index in [0.717, 1.165) is 0 Å². The summed E-state index contributed by atoms with van der Waals surface area (Å²) in [7, 11) is -3.29. The van der Waals surface area contributed by atoms with Gasteiger partial charge in [0.2, 0.25) is 0 Å². The van der Waals surface area contributed by atoms with E-state index in [1.807, 2.05) is 0 Å². The summed E-state index contributed by atoms with van der Waals surface area (Å²) in [6.45, 7) is 0. The Bertz CT molecular complexity index is 268. The van der Waals surface area contributed by atoms with Crippen LogP contribution in [0.2, 0.25) is 0 Å². The Hall–Kier alpha value is 0.0200. The van der Waals surface area contributed by atoms with Gasteiger partial charge in [-0.05, 0) is 0 Å². The molecule has 1 aliphatic heterocycles. The van der Waals surface area contributed by atoms with Gasteiger partial charge in [0.25, 0.3) is 0 Å². The van der Waals surface area contributed by atoms with Crippen LogP contribution in [0.15, 0.2) is 0 Å². The maximum absolute atomic E-state index is 10.8. The van der Waals surface area contributed by atoms with E-state index in [1.54, 1.807) is 0 Å². The topological polar surface area (TPSA) is 91.7 Å². The average Bonchev–Trinajstić information content (AvgIpc) is 2.05.